The van der Waals surface area contributed by atoms with E-state index in [2.05, 4.69) is 11.8 Å². The van der Waals surface area contributed by atoms with Crippen molar-refractivity contribution in [1.29, 1.82) is 0 Å². The second-order valence-electron chi connectivity index (χ2n) is 4.22. The molecule has 5 heteroatoms. The van der Waals surface area contributed by atoms with Crippen LogP contribution >= 0.6 is 7.60 Å². The van der Waals surface area contributed by atoms with Crippen molar-refractivity contribution in [3.63, 3.8) is 0 Å². The number of rotatable bonds is 6. The molecule has 1 aliphatic carbocycles. The summed E-state index contributed by atoms with van der Waals surface area (Å²) in [6, 6.07) is 0.597. The lowest BCUT2D eigenvalue weighted by Gasteiger charge is -2.27. The Morgan fingerprint density at radius 2 is 1.93 bits per heavy atom. The number of hydrogen-bond acceptors (Lipinski definition) is 2. The molecule has 89 valence electrons. The van der Waals surface area contributed by atoms with Gasteiger partial charge in [0.2, 0.25) is 0 Å². The zero-order valence-corrected chi connectivity index (χ0v) is 10.0. The van der Waals surface area contributed by atoms with Gasteiger partial charge in [-0.05, 0) is 39.3 Å². The normalized spacial score (nSPS) is 18.9. The molecule has 1 saturated carbocycles. The zero-order valence-electron chi connectivity index (χ0n) is 9.14. The minimum Gasteiger partial charge on any atom is -0.324 e. The zero-order chi connectivity index (χ0) is 11.3. The molecule has 0 spiro atoms. The van der Waals surface area contributed by atoms with Crippen molar-refractivity contribution < 1.29 is 14.4 Å². The lowest BCUT2D eigenvalue weighted by atomic mass is 10.2. The predicted molar refractivity (Wildman–Crippen MR) is 60.7 cm³/mol. The maximum absolute atomic E-state index is 10.7. The van der Waals surface area contributed by atoms with Gasteiger partial charge in [0.25, 0.3) is 0 Å². The standard InChI is InChI=1S/C10H21NO3P/c1-2-11(10-6-3-4-7-10)8-5-9-15(12,13)14/h10H,1-9H2,(H2,12,13,14). The summed E-state index contributed by atoms with van der Waals surface area (Å²) in [6.07, 6.45) is 5.54. The van der Waals surface area contributed by atoms with Crippen LogP contribution < -0.4 is 0 Å². The van der Waals surface area contributed by atoms with E-state index in [0.29, 0.717) is 12.5 Å². The fraction of sp³-hybridized carbons (Fsp3) is 0.900. The first-order chi connectivity index (χ1) is 7.03. The Morgan fingerprint density at radius 1 is 1.33 bits per heavy atom. The van der Waals surface area contributed by atoms with Crippen LogP contribution in [0.15, 0.2) is 0 Å². The molecule has 15 heavy (non-hydrogen) atoms. The minimum absolute atomic E-state index is 0.00375. The van der Waals surface area contributed by atoms with Gasteiger partial charge in [-0.3, -0.25) is 4.57 Å². The molecule has 0 aromatic heterocycles. The lowest BCUT2D eigenvalue weighted by molar-refractivity contribution is 0.218. The smallest absolute Gasteiger partial charge is 0.324 e. The van der Waals surface area contributed by atoms with Gasteiger partial charge >= 0.3 is 7.60 Å². The second-order valence-corrected chi connectivity index (χ2v) is 5.99. The maximum atomic E-state index is 10.7. The monoisotopic (exact) mass is 234 g/mol. The van der Waals surface area contributed by atoms with Crippen molar-refractivity contribution in [2.75, 3.05) is 19.3 Å². The Bertz CT molecular complexity index is 223. The summed E-state index contributed by atoms with van der Waals surface area (Å²) in [5, 5.41) is 0. The van der Waals surface area contributed by atoms with Crippen LogP contribution in [0.2, 0.25) is 0 Å². The van der Waals surface area contributed by atoms with Crippen LogP contribution in [0.5, 0.6) is 0 Å². The Kier molecular flexibility index (Phi) is 5.27. The summed E-state index contributed by atoms with van der Waals surface area (Å²) in [4.78, 5) is 19.7. The van der Waals surface area contributed by atoms with E-state index in [9.17, 15) is 4.57 Å². The Morgan fingerprint density at radius 3 is 2.40 bits per heavy atom. The molecule has 0 atom stereocenters. The molecule has 0 aliphatic heterocycles. The molecule has 1 fully saturated rings. The van der Waals surface area contributed by atoms with Crippen molar-refractivity contribution in [3.05, 3.63) is 6.92 Å². The van der Waals surface area contributed by atoms with E-state index in [1.165, 1.54) is 25.7 Å². The van der Waals surface area contributed by atoms with Crippen LogP contribution in [0.25, 0.3) is 0 Å². The topological polar surface area (TPSA) is 60.8 Å². The third-order valence-electron chi connectivity index (χ3n) is 3.02. The first-order valence-corrected chi connectivity index (χ1v) is 7.40. The van der Waals surface area contributed by atoms with E-state index in [4.69, 9.17) is 9.79 Å². The van der Waals surface area contributed by atoms with Gasteiger partial charge in [0, 0.05) is 6.04 Å². The van der Waals surface area contributed by atoms with Gasteiger partial charge in [-0.1, -0.05) is 12.8 Å². The van der Waals surface area contributed by atoms with E-state index in [1.807, 2.05) is 0 Å². The van der Waals surface area contributed by atoms with Gasteiger partial charge in [-0.25, -0.2) is 0 Å². The lowest BCUT2D eigenvalue weighted by Crippen LogP contribution is -2.34. The van der Waals surface area contributed by atoms with Gasteiger partial charge in [-0.15, -0.1) is 0 Å². The fourth-order valence-corrected chi connectivity index (χ4v) is 2.78. The highest BCUT2D eigenvalue weighted by Gasteiger charge is 2.21. The summed E-state index contributed by atoms with van der Waals surface area (Å²) in [5.41, 5.74) is 0. The van der Waals surface area contributed by atoms with Crippen LogP contribution in [0.3, 0.4) is 0 Å². The molecule has 1 rings (SSSR count). The Labute approximate surface area is 91.8 Å². The van der Waals surface area contributed by atoms with Crippen molar-refractivity contribution in [1.82, 2.24) is 4.90 Å². The molecule has 0 aromatic carbocycles. The molecule has 0 heterocycles. The van der Waals surface area contributed by atoms with Crippen molar-refractivity contribution in [2.24, 2.45) is 0 Å². The number of hydrogen-bond donors (Lipinski definition) is 2. The maximum Gasteiger partial charge on any atom is 0.325 e. The molecular formula is C10H21NO3P. The number of nitrogens with zero attached hydrogens (tertiary/aromatic N) is 1. The molecule has 0 unspecified atom stereocenters. The van der Waals surface area contributed by atoms with Crippen LogP contribution in [0, 0.1) is 6.92 Å². The highest BCUT2D eigenvalue weighted by Crippen LogP contribution is 2.35. The first kappa shape index (κ1) is 13.2. The Hall–Kier alpha value is 0.110. The predicted octanol–water partition coefficient (Wildman–Crippen LogP) is 1.63. The van der Waals surface area contributed by atoms with E-state index in [-0.39, 0.29) is 6.16 Å². The minimum atomic E-state index is -3.81. The third-order valence-corrected chi connectivity index (χ3v) is 3.92. The summed E-state index contributed by atoms with van der Waals surface area (Å²) in [5.74, 6) is 0. The highest BCUT2D eigenvalue weighted by atomic mass is 31.2. The van der Waals surface area contributed by atoms with Crippen molar-refractivity contribution >= 4 is 7.60 Å². The first-order valence-electron chi connectivity index (χ1n) is 5.61. The summed E-state index contributed by atoms with van der Waals surface area (Å²) >= 11 is 0. The average molecular weight is 234 g/mol. The second kappa shape index (κ2) is 6.00. The largest absolute Gasteiger partial charge is 0.325 e. The van der Waals surface area contributed by atoms with Crippen LogP contribution in [-0.2, 0) is 4.57 Å². The van der Waals surface area contributed by atoms with E-state index >= 15 is 0 Å². The van der Waals surface area contributed by atoms with Gasteiger partial charge in [-0.2, -0.15) is 0 Å². The Balaban J connectivity index is 2.24. The molecule has 0 amide bonds. The van der Waals surface area contributed by atoms with Crippen molar-refractivity contribution in [2.45, 2.75) is 38.1 Å². The summed E-state index contributed by atoms with van der Waals surface area (Å²) < 4.78 is 10.7. The summed E-state index contributed by atoms with van der Waals surface area (Å²) in [7, 11) is -3.81. The van der Waals surface area contributed by atoms with Crippen LogP contribution in [-0.4, -0.2) is 40.0 Å². The molecular weight excluding hydrogens is 213 g/mol. The van der Waals surface area contributed by atoms with Crippen molar-refractivity contribution in [3.8, 4) is 0 Å². The van der Waals surface area contributed by atoms with E-state index in [0.717, 1.165) is 13.1 Å². The van der Waals surface area contributed by atoms with Crippen LogP contribution in [0.4, 0.5) is 0 Å². The molecule has 0 aromatic rings. The summed E-state index contributed by atoms with van der Waals surface area (Å²) in [6.45, 7) is 5.38. The molecule has 0 bridgehead atoms. The van der Waals surface area contributed by atoms with Gasteiger partial charge in [0.15, 0.2) is 0 Å². The van der Waals surface area contributed by atoms with Crippen LogP contribution in [0.1, 0.15) is 32.1 Å². The highest BCUT2D eigenvalue weighted by molar-refractivity contribution is 7.51. The average Bonchev–Trinajstić information content (AvgIpc) is 2.63. The van der Waals surface area contributed by atoms with E-state index in [1.54, 1.807) is 0 Å². The molecule has 1 aliphatic rings. The third kappa shape index (κ3) is 5.12. The fourth-order valence-electron chi connectivity index (χ4n) is 2.23. The van der Waals surface area contributed by atoms with Gasteiger partial charge in [0.05, 0.1) is 6.16 Å². The molecule has 1 radical (unpaired) electrons. The van der Waals surface area contributed by atoms with Gasteiger partial charge < -0.3 is 14.7 Å². The van der Waals surface area contributed by atoms with E-state index < -0.39 is 7.60 Å². The van der Waals surface area contributed by atoms with Gasteiger partial charge in [0.1, 0.15) is 0 Å². The SMILES string of the molecule is [CH2]CN(CCCP(=O)(O)O)C1CCCC1. The quantitative estimate of drug-likeness (QED) is 0.686. The molecule has 2 N–H and O–H groups in total. The molecule has 4 nitrogen and oxygen atoms in total. The molecule has 0 saturated heterocycles.